The Hall–Kier alpha value is -1.39. The highest BCUT2D eigenvalue weighted by atomic mass is 16.5. The fourth-order valence-electron chi connectivity index (χ4n) is 2.17. The minimum Gasteiger partial charge on any atom is -0.497 e. The molecule has 0 fully saturated rings. The third kappa shape index (κ3) is 4.94. The van der Waals surface area contributed by atoms with Crippen molar-refractivity contribution >= 4 is 5.78 Å². The molecule has 112 valence electrons. The number of Topliss-reactive ketones (excluding diaryl/α,β-unsaturated/α-hetero) is 1. The number of hydrogen-bond donors (Lipinski definition) is 2. The molecule has 1 aromatic carbocycles. The fraction of sp³-hybridized carbons (Fsp3) is 0.562. The molecular weight excluding hydrogens is 252 g/mol. The Morgan fingerprint density at radius 2 is 1.90 bits per heavy atom. The van der Waals surface area contributed by atoms with Gasteiger partial charge in [-0.05, 0) is 25.0 Å². The van der Waals surface area contributed by atoms with Crippen LogP contribution in [0, 0.1) is 0 Å². The monoisotopic (exact) mass is 278 g/mol. The van der Waals surface area contributed by atoms with Gasteiger partial charge in [-0.15, -0.1) is 0 Å². The van der Waals surface area contributed by atoms with Gasteiger partial charge in [-0.2, -0.15) is 0 Å². The topological polar surface area (TPSA) is 78.3 Å². The summed E-state index contributed by atoms with van der Waals surface area (Å²) in [6.07, 6.45) is 6.02. The summed E-state index contributed by atoms with van der Waals surface area (Å²) in [5, 5.41) is 0. The van der Waals surface area contributed by atoms with E-state index in [1.165, 1.54) is 19.3 Å². The molecule has 0 heterocycles. The number of carbonyl (C=O) groups is 1. The number of methoxy groups -OCH3 is 1. The first kappa shape index (κ1) is 16.7. The second-order valence-electron chi connectivity index (χ2n) is 5.27. The van der Waals surface area contributed by atoms with E-state index >= 15 is 0 Å². The zero-order valence-electron chi connectivity index (χ0n) is 12.5. The van der Waals surface area contributed by atoms with Gasteiger partial charge in [-0.3, -0.25) is 4.79 Å². The molecule has 0 aliphatic carbocycles. The molecule has 0 aliphatic rings. The molecule has 20 heavy (non-hydrogen) atoms. The van der Waals surface area contributed by atoms with Crippen LogP contribution < -0.4 is 16.2 Å². The Kier molecular flexibility index (Phi) is 6.68. The highest BCUT2D eigenvalue weighted by molar-refractivity contribution is 6.02. The van der Waals surface area contributed by atoms with Crippen molar-refractivity contribution in [3.63, 3.8) is 0 Å². The van der Waals surface area contributed by atoms with Gasteiger partial charge in [0.1, 0.15) is 11.4 Å². The standard InChI is InChI=1S/C16H26N2O2/c1-3-4-5-6-7-11-16(17,18)15(19)13-9-8-10-14(12-13)20-2/h8-10,12H,3-7,11,17-18H2,1-2H3. The third-order valence-corrected chi connectivity index (χ3v) is 3.45. The van der Waals surface area contributed by atoms with Crippen molar-refractivity contribution in [2.75, 3.05) is 7.11 Å². The molecule has 0 saturated carbocycles. The van der Waals surface area contributed by atoms with Crippen LogP contribution in [0.5, 0.6) is 5.75 Å². The molecule has 0 saturated heterocycles. The van der Waals surface area contributed by atoms with Crippen LogP contribution in [0.15, 0.2) is 24.3 Å². The molecule has 0 unspecified atom stereocenters. The van der Waals surface area contributed by atoms with Crippen LogP contribution in [0.4, 0.5) is 0 Å². The lowest BCUT2D eigenvalue weighted by molar-refractivity contribution is 0.0880. The lowest BCUT2D eigenvalue weighted by Gasteiger charge is -2.23. The van der Waals surface area contributed by atoms with Gasteiger partial charge in [0.2, 0.25) is 0 Å². The van der Waals surface area contributed by atoms with E-state index in [9.17, 15) is 4.79 Å². The summed E-state index contributed by atoms with van der Waals surface area (Å²) >= 11 is 0. The Bertz CT molecular complexity index is 430. The maximum Gasteiger partial charge on any atom is 0.197 e. The molecular formula is C16H26N2O2. The predicted molar refractivity (Wildman–Crippen MR) is 81.8 cm³/mol. The number of hydrogen-bond acceptors (Lipinski definition) is 4. The molecule has 0 spiro atoms. The minimum absolute atomic E-state index is 0.230. The van der Waals surface area contributed by atoms with Crippen LogP contribution in [-0.4, -0.2) is 18.6 Å². The second kappa shape index (κ2) is 8.02. The van der Waals surface area contributed by atoms with Crippen molar-refractivity contribution in [3.8, 4) is 5.75 Å². The van der Waals surface area contributed by atoms with Gasteiger partial charge in [0.05, 0.1) is 7.11 Å². The van der Waals surface area contributed by atoms with Gasteiger partial charge in [-0.1, -0.05) is 44.7 Å². The Morgan fingerprint density at radius 1 is 1.20 bits per heavy atom. The smallest absolute Gasteiger partial charge is 0.197 e. The lowest BCUT2D eigenvalue weighted by atomic mass is 9.93. The largest absolute Gasteiger partial charge is 0.497 e. The van der Waals surface area contributed by atoms with E-state index < -0.39 is 5.66 Å². The van der Waals surface area contributed by atoms with Crippen molar-refractivity contribution in [1.82, 2.24) is 0 Å². The van der Waals surface area contributed by atoms with Crippen LogP contribution in [0.2, 0.25) is 0 Å². The number of ether oxygens (including phenoxy) is 1. The Morgan fingerprint density at radius 3 is 2.55 bits per heavy atom. The van der Waals surface area contributed by atoms with Crippen LogP contribution in [0.1, 0.15) is 55.8 Å². The average molecular weight is 278 g/mol. The molecule has 0 aromatic heterocycles. The lowest BCUT2D eigenvalue weighted by Crippen LogP contribution is -2.56. The maximum atomic E-state index is 12.3. The van der Waals surface area contributed by atoms with E-state index in [1.807, 2.05) is 0 Å². The second-order valence-corrected chi connectivity index (χ2v) is 5.27. The first-order chi connectivity index (χ1) is 9.51. The van der Waals surface area contributed by atoms with E-state index in [4.69, 9.17) is 16.2 Å². The third-order valence-electron chi connectivity index (χ3n) is 3.45. The zero-order valence-corrected chi connectivity index (χ0v) is 12.5. The molecule has 0 atom stereocenters. The normalized spacial score (nSPS) is 11.4. The van der Waals surface area contributed by atoms with Crippen LogP contribution >= 0.6 is 0 Å². The quantitative estimate of drug-likeness (QED) is 0.413. The van der Waals surface area contributed by atoms with Gasteiger partial charge >= 0.3 is 0 Å². The first-order valence-electron chi connectivity index (χ1n) is 7.28. The minimum atomic E-state index is -1.29. The van der Waals surface area contributed by atoms with Crippen molar-refractivity contribution in [3.05, 3.63) is 29.8 Å². The first-order valence-corrected chi connectivity index (χ1v) is 7.28. The van der Waals surface area contributed by atoms with Crippen molar-refractivity contribution in [1.29, 1.82) is 0 Å². The summed E-state index contributed by atoms with van der Waals surface area (Å²) in [6, 6.07) is 6.95. The molecule has 0 radical (unpaired) electrons. The van der Waals surface area contributed by atoms with E-state index in [0.717, 1.165) is 12.8 Å². The van der Waals surface area contributed by atoms with Crippen LogP contribution in [0.3, 0.4) is 0 Å². The van der Waals surface area contributed by atoms with Crippen molar-refractivity contribution < 1.29 is 9.53 Å². The molecule has 4 N–H and O–H groups in total. The van der Waals surface area contributed by atoms with Gasteiger partial charge in [0.25, 0.3) is 0 Å². The number of ketones is 1. The van der Waals surface area contributed by atoms with E-state index in [1.54, 1.807) is 31.4 Å². The molecule has 0 amide bonds. The Labute approximate surface area is 121 Å². The average Bonchev–Trinajstić information content (AvgIpc) is 2.46. The van der Waals surface area contributed by atoms with E-state index in [0.29, 0.717) is 17.7 Å². The molecule has 0 aliphatic heterocycles. The summed E-state index contributed by atoms with van der Waals surface area (Å²) < 4.78 is 5.11. The summed E-state index contributed by atoms with van der Waals surface area (Å²) in [4.78, 5) is 12.3. The van der Waals surface area contributed by atoms with Crippen molar-refractivity contribution in [2.45, 2.75) is 51.1 Å². The number of unbranched alkanes of at least 4 members (excludes halogenated alkanes) is 4. The van der Waals surface area contributed by atoms with Crippen LogP contribution in [-0.2, 0) is 0 Å². The van der Waals surface area contributed by atoms with Gasteiger partial charge < -0.3 is 16.2 Å². The fourth-order valence-corrected chi connectivity index (χ4v) is 2.17. The number of carbonyl (C=O) groups excluding carboxylic acids is 1. The molecule has 0 bridgehead atoms. The zero-order chi connectivity index (χ0) is 15.0. The highest BCUT2D eigenvalue weighted by Crippen LogP contribution is 2.18. The maximum absolute atomic E-state index is 12.3. The Balaban J connectivity index is 2.59. The molecule has 4 heteroatoms. The summed E-state index contributed by atoms with van der Waals surface area (Å²) in [5.74, 6) is 0.404. The van der Waals surface area contributed by atoms with Crippen LogP contribution in [0.25, 0.3) is 0 Å². The van der Waals surface area contributed by atoms with Crippen molar-refractivity contribution in [2.24, 2.45) is 11.5 Å². The molecule has 1 rings (SSSR count). The predicted octanol–water partition coefficient (Wildman–Crippen LogP) is 2.85. The summed E-state index contributed by atoms with van der Waals surface area (Å²) in [7, 11) is 1.56. The van der Waals surface area contributed by atoms with Gasteiger partial charge in [0.15, 0.2) is 5.78 Å². The summed E-state index contributed by atoms with van der Waals surface area (Å²) in [6.45, 7) is 2.17. The molecule has 1 aromatic rings. The highest BCUT2D eigenvalue weighted by Gasteiger charge is 2.29. The number of rotatable bonds is 9. The number of benzene rings is 1. The van der Waals surface area contributed by atoms with Gasteiger partial charge in [0, 0.05) is 5.56 Å². The SMILES string of the molecule is CCCCCCCC(N)(N)C(=O)c1cccc(OC)c1. The summed E-state index contributed by atoms with van der Waals surface area (Å²) in [5.41, 5.74) is 11.2. The number of nitrogens with two attached hydrogens (primary N) is 2. The van der Waals surface area contributed by atoms with E-state index in [2.05, 4.69) is 6.92 Å². The van der Waals surface area contributed by atoms with Gasteiger partial charge in [-0.25, -0.2) is 0 Å². The van der Waals surface area contributed by atoms with E-state index in [-0.39, 0.29) is 5.78 Å². The molecule has 4 nitrogen and oxygen atoms in total.